The second-order valence-electron chi connectivity index (χ2n) is 17.8. The Bertz CT molecular complexity index is 4170. The zero-order chi connectivity index (χ0) is 43.5. The van der Waals surface area contributed by atoms with E-state index in [2.05, 4.69) is 224 Å². The molecular weight excluding hydrogens is 797 g/mol. The summed E-state index contributed by atoms with van der Waals surface area (Å²) in [6.07, 6.45) is 0. The molecule has 0 saturated carbocycles. The first-order chi connectivity index (χ1) is 32.7. The van der Waals surface area contributed by atoms with E-state index in [4.69, 9.17) is 4.74 Å². The maximum Gasteiger partial charge on any atom is 0.118 e. The van der Waals surface area contributed by atoms with Crippen molar-refractivity contribution in [2.75, 3.05) is 7.11 Å². The molecule has 0 radical (unpaired) electrons. The van der Waals surface area contributed by atoms with Crippen molar-refractivity contribution in [3.05, 3.63) is 224 Å². The molecule has 0 aliphatic heterocycles. The summed E-state index contributed by atoms with van der Waals surface area (Å²) >= 11 is 0. The number of rotatable bonds is 5. The molecule has 1 nitrogen and oxygen atoms in total. The second-order valence-corrected chi connectivity index (χ2v) is 17.8. The summed E-state index contributed by atoms with van der Waals surface area (Å²) < 4.78 is 5.69. The largest absolute Gasteiger partial charge is 0.497 e. The van der Waals surface area contributed by atoms with Gasteiger partial charge in [-0.3, -0.25) is 0 Å². The Morgan fingerprint density at radius 3 is 0.879 bits per heavy atom. The summed E-state index contributed by atoms with van der Waals surface area (Å²) in [6, 6.07) is 83.9. The van der Waals surface area contributed by atoms with Gasteiger partial charge < -0.3 is 4.74 Å². The monoisotopic (exact) mass is 836 g/mol. The van der Waals surface area contributed by atoms with Gasteiger partial charge in [0.15, 0.2) is 0 Å². The quantitative estimate of drug-likeness (QED) is 0.157. The van der Waals surface area contributed by atoms with E-state index in [0.29, 0.717) is 0 Å². The summed E-state index contributed by atoms with van der Waals surface area (Å²) in [5.41, 5.74) is 9.77. The average Bonchev–Trinajstić information content (AvgIpc) is 3.39. The fourth-order valence-corrected chi connectivity index (χ4v) is 11.5. The molecule has 0 atom stereocenters. The van der Waals surface area contributed by atoms with Crippen molar-refractivity contribution in [2.24, 2.45) is 0 Å². The van der Waals surface area contributed by atoms with Crippen LogP contribution in [0.25, 0.3) is 141 Å². The van der Waals surface area contributed by atoms with Crippen molar-refractivity contribution < 1.29 is 4.74 Å². The van der Waals surface area contributed by atoms with E-state index in [-0.39, 0.29) is 0 Å². The molecule has 14 rings (SSSR count). The Labute approximate surface area is 381 Å². The molecule has 0 fully saturated rings. The van der Waals surface area contributed by atoms with Gasteiger partial charge in [-0.25, -0.2) is 0 Å². The van der Waals surface area contributed by atoms with Gasteiger partial charge in [0.2, 0.25) is 0 Å². The third kappa shape index (κ3) is 5.35. The van der Waals surface area contributed by atoms with Crippen molar-refractivity contribution in [3.63, 3.8) is 0 Å². The van der Waals surface area contributed by atoms with Crippen molar-refractivity contribution in [3.8, 4) is 50.3 Å². The van der Waals surface area contributed by atoms with E-state index in [9.17, 15) is 0 Å². The summed E-state index contributed by atoms with van der Waals surface area (Å²) in [5.74, 6) is 0.844. The van der Waals surface area contributed by atoms with Crippen LogP contribution in [0.4, 0.5) is 0 Å². The maximum absolute atomic E-state index is 5.69. The average molecular weight is 837 g/mol. The van der Waals surface area contributed by atoms with Crippen LogP contribution < -0.4 is 4.74 Å². The van der Waals surface area contributed by atoms with Crippen molar-refractivity contribution in [2.45, 2.75) is 0 Å². The third-order valence-corrected chi connectivity index (χ3v) is 14.5. The highest BCUT2D eigenvalue weighted by atomic mass is 16.5. The first kappa shape index (κ1) is 36.9. The molecule has 0 spiro atoms. The molecule has 0 N–H and O–H groups in total. The number of hydrogen-bond acceptors (Lipinski definition) is 1. The van der Waals surface area contributed by atoms with Crippen LogP contribution in [0.3, 0.4) is 0 Å². The predicted octanol–water partition coefficient (Wildman–Crippen LogP) is 18.2. The molecule has 14 aromatic carbocycles. The van der Waals surface area contributed by atoms with E-state index in [0.717, 1.165) is 11.3 Å². The highest BCUT2D eigenvalue weighted by molar-refractivity contribution is 6.34. The minimum absolute atomic E-state index is 0.844. The lowest BCUT2D eigenvalue weighted by Gasteiger charge is -2.23. The number of methoxy groups -OCH3 is 1. The van der Waals surface area contributed by atoms with Crippen LogP contribution >= 0.6 is 0 Å². The fraction of sp³-hybridized carbons (Fsp3) is 0.0154. The molecule has 0 amide bonds. The van der Waals surface area contributed by atoms with Crippen LogP contribution in [0.5, 0.6) is 5.75 Å². The van der Waals surface area contributed by atoms with E-state index < -0.39 is 0 Å². The SMILES string of the molecule is COc1ccc(-c2cc(-c3cc4ccccc4c4ccccc34)c3ccc4c(-c5cc6ccccc6c6ccccc56)cc(-c5cc6ccccc6c6ccccc56)c5ccc2c3c54)cc1. The summed E-state index contributed by atoms with van der Waals surface area (Å²) in [7, 11) is 1.74. The molecule has 0 bridgehead atoms. The van der Waals surface area contributed by atoms with Crippen LogP contribution in [0.2, 0.25) is 0 Å². The fourth-order valence-electron chi connectivity index (χ4n) is 11.5. The van der Waals surface area contributed by atoms with E-state index in [1.54, 1.807) is 7.11 Å². The molecule has 0 unspecified atom stereocenters. The minimum atomic E-state index is 0.844. The Kier molecular flexibility index (Phi) is 7.97. The minimum Gasteiger partial charge on any atom is -0.497 e. The predicted molar refractivity (Wildman–Crippen MR) is 283 cm³/mol. The van der Waals surface area contributed by atoms with Gasteiger partial charge in [0.25, 0.3) is 0 Å². The van der Waals surface area contributed by atoms with Crippen LogP contribution in [0.1, 0.15) is 0 Å². The topological polar surface area (TPSA) is 9.23 Å². The molecule has 0 aromatic heterocycles. The van der Waals surface area contributed by atoms with Gasteiger partial charge in [0.05, 0.1) is 7.11 Å². The smallest absolute Gasteiger partial charge is 0.118 e. The van der Waals surface area contributed by atoms with Crippen LogP contribution in [0.15, 0.2) is 224 Å². The standard InChI is InChI=1S/C65H40O/c1-66-43-28-26-39(27-29-43)57-37-61(58-34-40-14-2-5-17-44(40)47-20-8-11-23-50(47)58)54-32-33-56-63(60-36-42-16-4-7-19-46(42)49-22-10-13-25-52(49)60)38-62(55-31-30-53(57)64(54)65(55)56)59-35-41-15-3-6-18-45(41)48-21-9-12-24-51(48)59/h2-38H,1H3. The lowest BCUT2D eigenvalue weighted by Crippen LogP contribution is -1.96. The molecule has 1 heteroatoms. The zero-order valence-corrected chi connectivity index (χ0v) is 36.3. The third-order valence-electron chi connectivity index (χ3n) is 14.5. The van der Waals surface area contributed by atoms with E-state index >= 15 is 0 Å². The van der Waals surface area contributed by atoms with Crippen LogP contribution in [0, 0.1) is 0 Å². The van der Waals surface area contributed by atoms with E-state index in [1.165, 1.54) is 136 Å². The van der Waals surface area contributed by atoms with Crippen molar-refractivity contribution >= 4 is 97.0 Å². The van der Waals surface area contributed by atoms with E-state index in [1.807, 2.05) is 0 Å². The molecule has 66 heavy (non-hydrogen) atoms. The number of hydrogen-bond donors (Lipinski definition) is 0. The lowest BCUT2D eigenvalue weighted by molar-refractivity contribution is 0.415. The van der Waals surface area contributed by atoms with Crippen molar-refractivity contribution in [1.82, 2.24) is 0 Å². The first-order valence-electron chi connectivity index (χ1n) is 22.9. The van der Waals surface area contributed by atoms with Gasteiger partial charge in [-0.1, -0.05) is 182 Å². The second kappa shape index (κ2) is 14.2. The molecular formula is C65H40O. The Morgan fingerprint density at radius 2 is 0.515 bits per heavy atom. The molecule has 0 heterocycles. The Hall–Kier alpha value is -8.52. The molecule has 306 valence electrons. The highest BCUT2D eigenvalue weighted by Gasteiger charge is 2.24. The van der Waals surface area contributed by atoms with Gasteiger partial charge in [0.1, 0.15) is 5.75 Å². The van der Waals surface area contributed by atoms with Crippen LogP contribution in [-0.4, -0.2) is 7.11 Å². The number of ether oxygens (including phenoxy) is 1. The van der Waals surface area contributed by atoms with Crippen LogP contribution in [-0.2, 0) is 0 Å². The summed E-state index contributed by atoms with van der Waals surface area (Å²) in [4.78, 5) is 0. The summed E-state index contributed by atoms with van der Waals surface area (Å²) in [5, 5.41) is 22.6. The molecule has 0 aliphatic carbocycles. The van der Waals surface area contributed by atoms with Gasteiger partial charge in [-0.15, -0.1) is 0 Å². The number of fused-ring (bicyclic) bond motifs is 9. The lowest BCUT2D eigenvalue weighted by atomic mass is 9.80. The molecule has 14 aromatic rings. The first-order valence-corrected chi connectivity index (χ1v) is 22.9. The highest BCUT2D eigenvalue weighted by Crippen LogP contribution is 2.52. The zero-order valence-electron chi connectivity index (χ0n) is 36.3. The van der Waals surface area contributed by atoms with Gasteiger partial charge in [-0.2, -0.15) is 0 Å². The van der Waals surface area contributed by atoms with Gasteiger partial charge in [0, 0.05) is 0 Å². The van der Waals surface area contributed by atoms with Gasteiger partial charge >= 0.3 is 0 Å². The van der Waals surface area contributed by atoms with Gasteiger partial charge in [-0.05, 0) is 184 Å². The maximum atomic E-state index is 5.69. The summed E-state index contributed by atoms with van der Waals surface area (Å²) in [6.45, 7) is 0. The number of benzene rings is 14. The normalized spacial score (nSPS) is 12.0. The Morgan fingerprint density at radius 1 is 0.227 bits per heavy atom. The van der Waals surface area contributed by atoms with Crippen molar-refractivity contribution in [1.29, 1.82) is 0 Å². The molecule has 0 saturated heterocycles. The molecule has 0 aliphatic rings. The Balaban J connectivity index is 1.20.